The van der Waals surface area contributed by atoms with Gasteiger partial charge in [0.2, 0.25) is 5.91 Å². The molecule has 0 aromatic heterocycles. The summed E-state index contributed by atoms with van der Waals surface area (Å²) in [5, 5.41) is 14.3. The highest BCUT2D eigenvalue weighted by molar-refractivity contribution is 5.72. The zero-order valence-electron chi connectivity index (χ0n) is 7.22. The quantitative estimate of drug-likeness (QED) is 0.483. The van der Waals surface area contributed by atoms with E-state index in [0.29, 0.717) is 6.54 Å². The van der Waals surface area contributed by atoms with E-state index < -0.39 is 6.23 Å². The van der Waals surface area contributed by atoms with E-state index in [2.05, 4.69) is 10.6 Å². The largest absolute Gasteiger partial charge is 0.379 e. The van der Waals surface area contributed by atoms with Crippen LogP contribution in [0, 0.1) is 0 Å². The number of aliphatic hydroxyl groups excluding tert-OH is 1. The van der Waals surface area contributed by atoms with Crippen LogP contribution in [-0.2, 0) is 4.79 Å². The van der Waals surface area contributed by atoms with Gasteiger partial charge in [-0.25, -0.2) is 0 Å². The molecule has 0 spiro atoms. The first-order valence-corrected chi connectivity index (χ1v) is 3.71. The molecule has 0 aliphatic heterocycles. The van der Waals surface area contributed by atoms with Gasteiger partial charge in [0.15, 0.2) is 0 Å². The molecule has 0 bridgehead atoms. The number of hydrogen-bond acceptors (Lipinski definition) is 3. The second-order valence-corrected chi connectivity index (χ2v) is 2.68. The minimum atomic E-state index is -0.529. The maximum atomic E-state index is 10.4. The fourth-order valence-corrected chi connectivity index (χ4v) is 0.768. The molecule has 1 unspecified atom stereocenters. The maximum absolute atomic E-state index is 10.4. The molecule has 0 radical (unpaired) electrons. The van der Waals surface area contributed by atoms with E-state index >= 15 is 0 Å². The van der Waals surface area contributed by atoms with Gasteiger partial charge in [0.05, 0.1) is 0 Å². The first-order valence-electron chi connectivity index (χ1n) is 3.71. The number of carbonyl (C=O) groups excluding carboxylic acids is 1. The smallest absolute Gasteiger partial charge is 0.216 e. The summed E-state index contributed by atoms with van der Waals surface area (Å²) in [6, 6.07) is 0.0962. The van der Waals surface area contributed by atoms with Gasteiger partial charge < -0.3 is 10.4 Å². The topological polar surface area (TPSA) is 61.4 Å². The Balaban J connectivity index is 3.37. The van der Waals surface area contributed by atoms with E-state index in [4.69, 9.17) is 5.11 Å². The zero-order chi connectivity index (χ0) is 8.85. The molecule has 0 aromatic carbocycles. The third-order valence-corrected chi connectivity index (χ3v) is 1.18. The summed E-state index contributed by atoms with van der Waals surface area (Å²) in [5.74, 6) is -0.0516. The third kappa shape index (κ3) is 7.29. The molecule has 3 N–H and O–H groups in total. The number of hydrogen-bond donors (Lipinski definition) is 3. The second-order valence-electron chi connectivity index (χ2n) is 2.68. The molecular formula is C7H16N2O2. The third-order valence-electron chi connectivity index (χ3n) is 1.18. The van der Waals surface area contributed by atoms with E-state index in [0.717, 1.165) is 0 Å². The van der Waals surface area contributed by atoms with Gasteiger partial charge >= 0.3 is 0 Å². The highest BCUT2D eigenvalue weighted by atomic mass is 16.3. The number of nitrogens with one attached hydrogen (secondary N) is 2. The maximum Gasteiger partial charge on any atom is 0.216 e. The van der Waals surface area contributed by atoms with Crippen molar-refractivity contribution in [3.63, 3.8) is 0 Å². The normalized spacial score (nSPS) is 15.6. The number of carbonyl (C=O) groups is 1. The van der Waals surface area contributed by atoms with Crippen LogP contribution in [0.2, 0.25) is 0 Å². The molecule has 1 amide bonds. The molecule has 0 heterocycles. The molecule has 4 heteroatoms. The van der Waals surface area contributed by atoms with E-state index in [-0.39, 0.29) is 11.9 Å². The van der Waals surface area contributed by atoms with Crippen LogP contribution in [0.5, 0.6) is 0 Å². The predicted octanol–water partition coefficient (Wildman–Crippen LogP) is -0.561. The molecule has 66 valence electrons. The zero-order valence-corrected chi connectivity index (χ0v) is 7.22. The van der Waals surface area contributed by atoms with Crippen molar-refractivity contribution in [2.24, 2.45) is 0 Å². The Morgan fingerprint density at radius 1 is 1.55 bits per heavy atom. The molecule has 0 aliphatic rings. The first-order chi connectivity index (χ1) is 5.02. The fraction of sp³-hybridized carbons (Fsp3) is 0.857. The number of amides is 1. The molecule has 0 fully saturated rings. The fourth-order valence-electron chi connectivity index (χ4n) is 0.768. The highest BCUT2D eigenvalue weighted by Crippen LogP contribution is 1.81. The molecule has 2 atom stereocenters. The van der Waals surface area contributed by atoms with E-state index in [1.165, 1.54) is 6.92 Å². The second kappa shape index (κ2) is 5.09. The minimum Gasteiger partial charge on any atom is -0.379 e. The van der Waals surface area contributed by atoms with Crippen LogP contribution in [-0.4, -0.2) is 29.8 Å². The van der Waals surface area contributed by atoms with Crippen molar-refractivity contribution >= 4 is 5.91 Å². The van der Waals surface area contributed by atoms with Gasteiger partial charge in [-0.2, -0.15) is 0 Å². The van der Waals surface area contributed by atoms with Gasteiger partial charge in [-0.3, -0.25) is 10.1 Å². The summed E-state index contributed by atoms with van der Waals surface area (Å²) >= 11 is 0. The molecule has 0 rings (SSSR count). The molecule has 0 aromatic rings. The van der Waals surface area contributed by atoms with Crippen LogP contribution in [0.1, 0.15) is 20.8 Å². The Morgan fingerprint density at radius 3 is 2.45 bits per heavy atom. The monoisotopic (exact) mass is 160 g/mol. The van der Waals surface area contributed by atoms with E-state index in [1.54, 1.807) is 6.92 Å². The van der Waals surface area contributed by atoms with Crippen molar-refractivity contribution in [2.45, 2.75) is 33.0 Å². The van der Waals surface area contributed by atoms with Crippen molar-refractivity contribution in [1.29, 1.82) is 0 Å². The summed E-state index contributed by atoms with van der Waals surface area (Å²) in [5.41, 5.74) is 0. The Bertz CT molecular complexity index is 126. The predicted molar refractivity (Wildman–Crippen MR) is 43.0 cm³/mol. The Morgan fingerprint density at radius 2 is 2.09 bits per heavy atom. The standard InChI is InChI=1S/C7H16N2O2/c1-5(9-7(3)11)4-8-6(2)10/h5,7,9,11H,4H2,1-3H3,(H,8,10)/t5-,7?/m1/s1. The summed E-state index contributed by atoms with van der Waals surface area (Å²) in [6.45, 7) is 5.54. The van der Waals surface area contributed by atoms with Gasteiger partial charge in [-0.05, 0) is 13.8 Å². The van der Waals surface area contributed by atoms with E-state index in [1.807, 2.05) is 6.92 Å². The number of rotatable bonds is 4. The van der Waals surface area contributed by atoms with Crippen LogP contribution in [0.4, 0.5) is 0 Å². The van der Waals surface area contributed by atoms with Gasteiger partial charge in [0, 0.05) is 19.5 Å². The Kier molecular flexibility index (Phi) is 4.81. The van der Waals surface area contributed by atoms with Crippen LogP contribution in [0.15, 0.2) is 0 Å². The molecule has 0 aliphatic carbocycles. The first kappa shape index (κ1) is 10.4. The lowest BCUT2D eigenvalue weighted by atomic mass is 10.3. The van der Waals surface area contributed by atoms with Gasteiger partial charge in [0.1, 0.15) is 6.23 Å². The highest BCUT2D eigenvalue weighted by Gasteiger charge is 2.03. The summed E-state index contributed by atoms with van der Waals surface area (Å²) < 4.78 is 0. The molecular weight excluding hydrogens is 144 g/mol. The van der Waals surface area contributed by atoms with Crippen molar-refractivity contribution < 1.29 is 9.90 Å². The van der Waals surface area contributed by atoms with Crippen LogP contribution >= 0.6 is 0 Å². The van der Waals surface area contributed by atoms with Crippen molar-refractivity contribution in [1.82, 2.24) is 10.6 Å². The van der Waals surface area contributed by atoms with Crippen molar-refractivity contribution in [2.75, 3.05) is 6.54 Å². The Labute approximate surface area is 67.0 Å². The average molecular weight is 160 g/mol. The number of aliphatic hydroxyl groups is 1. The Hall–Kier alpha value is -0.610. The van der Waals surface area contributed by atoms with Crippen LogP contribution in [0.3, 0.4) is 0 Å². The molecule has 0 saturated heterocycles. The van der Waals surface area contributed by atoms with Gasteiger partial charge in [0.25, 0.3) is 0 Å². The van der Waals surface area contributed by atoms with Crippen molar-refractivity contribution in [3.05, 3.63) is 0 Å². The molecule has 0 saturated carbocycles. The summed E-state index contributed by atoms with van der Waals surface area (Å²) in [7, 11) is 0. The lowest BCUT2D eigenvalue weighted by Crippen LogP contribution is -2.42. The SMILES string of the molecule is CC(=O)NC[C@@H](C)NC(C)O. The summed E-state index contributed by atoms with van der Waals surface area (Å²) in [6.07, 6.45) is -0.529. The molecule has 4 nitrogen and oxygen atoms in total. The van der Waals surface area contributed by atoms with Crippen LogP contribution < -0.4 is 10.6 Å². The van der Waals surface area contributed by atoms with Gasteiger partial charge in [-0.1, -0.05) is 0 Å². The minimum absolute atomic E-state index is 0.0516. The summed E-state index contributed by atoms with van der Waals surface area (Å²) in [4.78, 5) is 10.4. The molecule has 11 heavy (non-hydrogen) atoms. The van der Waals surface area contributed by atoms with E-state index in [9.17, 15) is 4.79 Å². The van der Waals surface area contributed by atoms with Gasteiger partial charge in [-0.15, -0.1) is 0 Å². The lowest BCUT2D eigenvalue weighted by Gasteiger charge is -2.15. The van der Waals surface area contributed by atoms with Crippen LogP contribution in [0.25, 0.3) is 0 Å². The van der Waals surface area contributed by atoms with Crippen molar-refractivity contribution in [3.8, 4) is 0 Å². The lowest BCUT2D eigenvalue weighted by molar-refractivity contribution is -0.119. The average Bonchev–Trinajstić information content (AvgIpc) is 1.82.